The monoisotopic (exact) mass is 132 g/mol. The molecule has 3 nitrogen and oxygen atoms in total. The van der Waals surface area contributed by atoms with Crippen molar-refractivity contribution in [1.82, 2.24) is 5.32 Å². The number of nitrogens with one attached hydrogen (secondary N) is 1. The highest BCUT2D eigenvalue weighted by Gasteiger charge is 1.94. The minimum Gasteiger partial charge on any atom is -0.379 e. The molecule has 3 N–H and O–H groups in total. The second kappa shape index (κ2) is 6.01. The van der Waals surface area contributed by atoms with E-state index >= 15 is 0 Å². The third-order valence-corrected chi connectivity index (χ3v) is 1.12. The summed E-state index contributed by atoms with van der Waals surface area (Å²) in [5.74, 6) is 0. The molecule has 0 rings (SSSR count). The molecule has 0 aliphatic heterocycles. The molecule has 0 aliphatic carbocycles. The minimum absolute atomic E-state index is 0.427. The van der Waals surface area contributed by atoms with E-state index < -0.39 is 0 Å². The number of rotatable bonds is 5. The molecule has 3 heteroatoms. The molecule has 0 aliphatic rings. The van der Waals surface area contributed by atoms with Crippen LogP contribution in [0.1, 0.15) is 6.92 Å². The summed E-state index contributed by atoms with van der Waals surface area (Å²) in [6.07, 6.45) is 0. The van der Waals surface area contributed by atoms with Crippen LogP contribution in [0.5, 0.6) is 0 Å². The first-order chi connectivity index (χ1) is 4.31. The molecule has 0 heterocycles. The Labute approximate surface area is 56.6 Å². The lowest BCUT2D eigenvalue weighted by atomic mass is 10.4. The standard InChI is InChI=1S/C6H16N2O/c1-6(8-2)5-9-4-3-7/h6,8H,3-5,7H2,1-2H3. The normalized spacial score (nSPS) is 13.7. The van der Waals surface area contributed by atoms with E-state index in [9.17, 15) is 0 Å². The molecule has 0 fully saturated rings. The first-order valence-corrected chi connectivity index (χ1v) is 3.26. The van der Waals surface area contributed by atoms with E-state index in [2.05, 4.69) is 12.2 Å². The second-order valence-corrected chi connectivity index (χ2v) is 2.05. The van der Waals surface area contributed by atoms with Crippen molar-refractivity contribution in [3.63, 3.8) is 0 Å². The van der Waals surface area contributed by atoms with Crippen LogP contribution >= 0.6 is 0 Å². The molecule has 56 valence electrons. The lowest BCUT2D eigenvalue weighted by Crippen LogP contribution is -2.27. The van der Waals surface area contributed by atoms with Crippen molar-refractivity contribution in [3.8, 4) is 0 Å². The van der Waals surface area contributed by atoms with Gasteiger partial charge in [-0.1, -0.05) is 0 Å². The third-order valence-electron chi connectivity index (χ3n) is 1.12. The zero-order chi connectivity index (χ0) is 7.11. The molecule has 0 aromatic carbocycles. The van der Waals surface area contributed by atoms with E-state index in [-0.39, 0.29) is 0 Å². The van der Waals surface area contributed by atoms with Crippen molar-refractivity contribution in [2.75, 3.05) is 26.8 Å². The van der Waals surface area contributed by atoms with E-state index in [1.807, 2.05) is 7.05 Å². The number of ether oxygens (including phenoxy) is 1. The highest BCUT2D eigenvalue weighted by Crippen LogP contribution is 1.80. The molecule has 0 aromatic heterocycles. The lowest BCUT2D eigenvalue weighted by Gasteiger charge is -2.08. The number of hydrogen-bond acceptors (Lipinski definition) is 3. The van der Waals surface area contributed by atoms with E-state index in [0.29, 0.717) is 19.2 Å². The summed E-state index contributed by atoms with van der Waals surface area (Å²) in [6.45, 7) is 4.08. The predicted octanol–water partition coefficient (Wildman–Crippen LogP) is -0.430. The highest BCUT2D eigenvalue weighted by atomic mass is 16.5. The Morgan fingerprint density at radius 1 is 1.67 bits per heavy atom. The van der Waals surface area contributed by atoms with E-state index in [1.165, 1.54) is 0 Å². The van der Waals surface area contributed by atoms with Gasteiger partial charge in [0.1, 0.15) is 0 Å². The van der Waals surface area contributed by atoms with Crippen LogP contribution in [-0.4, -0.2) is 32.8 Å². The number of nitrogens with two attached hydrogens (primary N) is 1. The fourth-order valence-electron chi connectivity index (χ4n) is 0.427. The zero-order valence-electron chi connectivity index (χ0n) is 6.18. The van der Waals surface area contributed by atoms with Gasteiger partial charge in [0.2, 0.25) is 0 Å². The molecule has 1 atom stereocenters. The molecule has 0 radical (unpaired) electrons. The highest BCUT2D eigenvalue weighted by molar-refractivity contribution is 4.53. The van der Waals surface area contributed by atoms with Gasteiger partial charge in [-0.05, 0) is 14.0 Å². The van der Waals surface area contributed by atoms with Gasteiger partial charge in [-0.15, -0.1) is 0 Å². The van der Waals surface area contributed by atoms with Crippen LogP contribution in [0.15, 0.2) is 0 Å². The molecular formula is C6H16N2O. The Morgan fingerprint density at radius 2 is 2.33 bits per heavy atom. The van der Waals surface area contributed by atoms with Crippen LogP contribution in [-0.2, 0) is 4.74 Å². The van der Waals surface area contributed by atoms with Crippen molar-refractivity contribution in [2.24, 2.45) is 5.73 Å². The Morgan fingerprint density at radius 3 is 2.78 bits per heavy atom. The van der Waals surface area contributed by atoms with Gasteiger partial charge in [0.05, 0.1) is 13.2 Å². The Balaban J connectivity index is 2.88. The zero-order valence-corrected chi connectivity index (χ0v) is 6.18. The maximum atomic E-state index is 5.21. The van der Waals surface area contributed by atoms with Gasteiger partial charge in [0, 0.05) is 12.6 Å². The van der Waals surface area contributed by atoms with Gasteiger partial charge in [-0.25, -0.2) is 0 Å². The molecule has 9 heavy (non-hydrogen) atoms. The fourth-order valence-corrected chi connectivity index (χ4v) is 0.427. The van der Waals surface area contributed by atoms with Gasteiger partial charge in [-0.2, -0.15) is 0 Å². The van der Waals surface area contributed by atoms with Crippen LogP contribution in [0.2, 0.25) is 0 Å². The van der Waals surface area contributed by atoms with Crippen molar-refractivity contribution in [3.05, 3.63) is 0 Å². The largest absolute Gasteiger partial charge is 0.379 e. The van der Waals surface area contributed by atoms with Crippen molar-refractivity contribution in [2.45, 2.75) is 13.0 Å². The summed E-state index contributed by atoms with van der Waals surface area (Å²) >= 11 is 0. The number of hydrogen-bond donors (Lipinski definition) is 2. The van der Waals surface area contributed by atoms with Crippen molar-refractivity contribution >= 4 is 0 Å². The van der Waals surface area contributed by atoms with Crippen LogP contribution < -0.4 is 11.1 Å². The second-order valence-electron chi connectivity index (χ2n) is 2.05. The SMILES string of the molecule is CNC(C)COCCN. The Kier molecular flexibility index (Phi) is 5.93. The molecule has 0 bridgehead atoms. The molecule has 0 saturated carbocycles. The van der Waals surface area contributed by atoms with E-state index in [4.69, 9.17) is 10.5 Å². The smallest absolute Gasteiger partial charge is 0.0617 e. The summed E-state index contributed by atoms with van der Waals surface area (Å²) < 4.78 is 5.15. The first kappa shape index (κ1) is 8.88. The van der Waals surface area contributed by atoms with Gasteiger partial charge < -0.3 is 15.8 Å². The fraction of sp³-hybridized carbons (Fsp3) is 1.00. The molecule has 1 unspecified atom stereocenters. The topological polar surface area (TPSA) is 47.3 Å². The van der Waals surface area contributed by atoms with Crippen LogP contribution in [0.3, 0.4) is 0 Å². The molecule has 0 amide bonds. The van der Waals surface area contributed by atoms with Crippen molar-refractivity contribution < 1.29 is 4.74 Å². The minimum atomic E-state index is 0.427. The average molecular weight is 132 g/mol. The van der Waals surface area contributed by atoms with Crippen LogP contribution in [0.25, 0.3) is 0 Å². The van der Waals surface area contributed by atoms with Gasteiger partial charge >= 0.3 is 0 Å². The quantitative estimate of drug-likeness (QED) is 0.499. The Bertz CT molecular complexity index is 59.0. The summed E-state index contributed by atoms with van der Waals surface area (Å²) in [6, 6.07) is 0.427. The molecule has 0 saturated heterocycles. The molecule has 0 spiro atoms. The van der Waals surface area contributed by atoms with E-state index in [0.717, 1.165) is 6.61 Å². The van der Waals surface area contributed by atoms with Gasteiger partial charge in [0.15, 0.2) is 0 Å². The van der Waals surface area contributed by atoms with Crippen LogP contribution in [0, 0.1) is 0 Å². The average Bonchev–Trinajstić information content (AvgIpc) is 1.89. The van der Waals surface area contributed by atoms with Crippen LogP contribution in [0.4, 0.5) is 0 Å². The summed E-state index contributed by atoms with van der Waals surface area (Å²) in [5.41, 5.74) is 5.21. The van der Waals surface area contributed by atoms with Crippen molar-refractivity contribution in [1.29, 1.82) is 0 Å². The molecule has 0 aromatic rings. The predicted molar refractivity (Wildman–Crippen MR) is 38.4 cm³/mol. The molecular weight excluding hydrogens is 116 g/mol. The van der Waals surface area contributed by atoms with E-state index in [1.54, 1.807) is 0 Å². The maximum Gasteiger partial charge on any atom is 0.0617 e. The Hall–Kier alpha value is -0.120. The summed E-state index contributed by atoms with van der Waals surface area (Å²) in [4.78, 5) is 0. The van der Waals surface area contributed by atoms with Gasteiger partial charge in [-0.3, -0.25) is 0 Å². The lowest BCUT2D eigenvalue weighted by molar-refractivity contribution is 0.124. The van der Waals surface area contributed by atoms with Gasteiger partial charge in [0.25, 0.3) is 0 Å². The summed E-state index contributed by atoms with van der Waals surface area (Å²) in [5, 5.41) is 3.06. The third kappa shape index (κ3) is 5.76. The first-order valence-electron chi connectivity index (χ1n) is 3.26. The maximum absolute atomic E-state index is 5.21. The summed E-state index contributed by atoms with van der Waals surface area (Å²) in [7, 11) is 1.91. The number of likely N-dealkylation sites (N-methyl/N-ethyl adjacent to an activating group) is 1.